The van der Waals surface area contributed by atoms with E-state index in [-0.39, 0.29) is 17.5 Å². The Morgan fingerprint density at radius 2 is 1.96 bits per heavy atom. The topological polar surface area (TPSA) is 88.3 Å². The third-order valence-electron chi connectivity index (χ3n) is 4.05. The Balaban J connectivity index is 1.96. The Bertz CT molecular complexity index is 857. The zero-order chi connectivity index (χ0) is 19.4. The quantitative estimate of drug-likeness (QED) is 0.596. The molecule has 0 saturated heterocycles. The van der Waals surface area contributed by atoms with E-state index < -0.39 is 18.5 Å². The molecule has 7 heteroatoms. The first kappa shape index (κ1) is 19.7. The van der Waals surface area contributed by atoms with Gasteiger partial charge in [-0.25, -0.2) is 4.79 Å². The zero-order valence-corrected chi connectivity index (χ0v) is 15.9. The molecule has 6 nitrogen and oxygen atoms in total. The van der Waals surface area contributed by atoms with E-state index in [1.165, 1.54) is 6.92 Å². The van der Waals surface area contributed by atoms with Gasteiger partial charge < -0.3 is 15.0 Å². The molecule has 2 aromatic rings. The summed E-state index contributed by atoms with van der Waals surface area (Å²) in [7, 11) is 0. The predicted molar refractivity (Wildman–Crippen MR) is 98.6 cm³/mol. The molecular weight excluding hydrogens is 356 g/mol. The van der Waals surface area contributed by atoms with Crippen molar-refractivity contribution in [3.8, 4) is 0 Å². The number of amides is 1. The summed E-state index contributed by atoms with van der Waals surface area (Å²) in [6.07, 6.45) is 0. The van der Waals surface area contributed by atoms with Crippen molar-refractivity contribution in [1.29, 1.82) is 0 Å². The maximum absolute atomic E-state index is 12.2. The number of hydrogen-bond donors (Lipinski definition) is 2. The fraction of sp³-hybridized carbons (Fsp3) is 0.316. The molecule has 1 atom stereocenters. The second-order valence-corrected chi connectivity index (χ2v) is 6.54. The number of esters is 1. The lowest BCUT2D eigenvalue weighted by Gasteiger charge is -2.14. The fourth-order valence-electron chi connectivity index (χ4n) is 2.83. The average Bonchev–Trinajstić information content (AvgIpc) is 2.87. The molecule has 2 rings (SSSR count). The molecular formula is C19H21ClN2O4. The van der Waals surface area contributed by atoms with Crippen molar-refractivity contribution in [3.63, 3.8) is 0 Å². The van der Waals surface area contributed by atoms with Crippen molar-refractivity contribution in [1.82, 2.24) is 10.3 Å². The van der Waals surface area contributed by atoms with E-state index in [0.717, 1.165) is 5.56 Å². The van der Waals surface area contributed by atoms with Gasteiger partial charge in [-0.05, 0) is 51.0 Å². The van der Waals surface area contributed by atoms with Gasteiger partial charge in [-0.1, -0.05) is 23.7 Å². The van der Waals surface area contributed by atoms with Gasteiger partial charge >= 0.3 is 5.97 Å². The van der Waals surface area contributed by atoms with Gasteiger partial charge in [0.05, 0.1) is 6.04 Å². The van der Waals surface area contributed by atoms with Crippen molar-refractivity contribution in [2.75, 3.05) is 6.61 Å². The lowest BCUT2D eigenvalue weighted by molar-refractivity contribution is -0.124. The van der Waals surface area contributed by atoms with Crippen molar-refractivity contribution in [3.05, 3.63) is 57.4 Å². The second kappa shape index (κ2) is 8.19. The minimum Gasteiger partial charge on any atom is -0.451 e. The molecule has 0 aliphatic carbocycles. The van der Waals surface area contributed by atoms with Crippen LogP contribution in [0.4, 0.5) is 0 Å². The van der Waals surface area contributed by atoms with Crippen LogP contribution in [0.15, 0.2) is 24.3 Å². The molecule has 0 radical (unpaired) electrons. The van der Waals surface area contributed by atoms with Crippen LogP contribution in [0, 0.1) is 13.8 Å². The van der Waals surface area contributed by atoms with Gasteiger partial charge in [0.25, 0.3) is 5.91 Å². The third-order valence-corrected chi connectivity index (χ3v) is 4.29. The van der Waals surface area contributed by atoms with E-state index in [1.807, 2.05) is 13.0 Å². The van der Waals surface area contributed by atoms with E-state index in [4.69, 9.17) is 16.3 Å². The lowest BCUT2D eigenvalue weighted by Crippen LogP contribution is -2.31. The number of Topliss-reactive ketones (excluding diaryl/α,β-unsaturated/α-hetero) is 1. The number of nitrogens with one attached hydrogen (secondary N) is 2. The highest BCUT2D eigenvalue weighted by molar-refractivity contribution is 6.30. The van der Waals surface area contributed by atoms with Crippen molar-refractivity contribution < 1.29 is 19.1 Å². The summed E-state index contributed by atoms with van der Waals surface area (Å²) in [5.41, 5.74) is 2.62. The Hall–Kier alpha value is -2.60. The smallest absolute Gasteiger partial charge is 0.355 e. The summed E-state index contributed by atoms with van der Waals surface area (Å²) in [5.74, 6) is -1.24. The van der Waals surface area contributed by atoms with Crippen LogP contribution in [0.3, 0.4) is 0 Å². The number of carbonyl (C=O) groups is 3. The highest BCUT2D eigenvalue weighted by atomic mass is 35.5. The number of hydrogen-bond acceptors (Lipinski definition) is 4. The number of ketones is 1. The molecule has 0 bridgehead atoms. The van der Waals surface area contributed by atoms with Crippen LogP contribution >= 0.6 is 11.6 Å². The van der Waals surface area contributed by atoms with E-state index in [2.05, 4.69) is 10.3 Å². The van der Waals surface area contributed by atoms with Crippen molar-refractivity contribution in [2.24, 2.45) is 0 Å². The standard InChI is InChI=1S/C19H21ClN2O4/c1-10-17(13(4)23)12(3)22-18(10)19(25)26-9-16(24)21-11(2)14-6-5-7-15(20)8-14/h5-8,11,22H,9H2,1-4H3,(H,21,24)/t11-/m1/s1. The van der Waals surface area contributed by atoms with Crippen LogP contribution in [0.1, 0.15) is 57.6 Å². The average molecular weight is 377 g/mol. The molecule has 1 heterocycles. The highest BCUT2D eigenvalue weighted by Crippen LogP contribution is 2.19. The Morgan fingerprint density at radius 3 is 2.54 bits per heavy atom. The largest absolute Gasteiger partial charge is 0.451 e. The van der Waals surface area contributed by atoms with E-state index in [0.29, 0.717) is 21.8 Å². The molecule has 0 aliphatic rings. The number of aromatic amines is 1. The third kappa shape index (κ3) is 4.52. The minimum absolute atomic E-state index is 0.136. The summed E-state index contributed by atoms with van der Waals surface area (Å²) in [5, 5.41) is 3.32. The van der Waals surface area contributed by atoms with Gasteiger partial charge in [0, 0.05) is 16.3 Å². The normalized spacial score (nSPS) is 11.7. The van der Waals surface area contributed by atoms with E-state index >= 15 is 0 Å². The van der Waals surface area contributed by atoms with Crippen molar-refractivity contribution in [2.45, 2.75) is 33.7 Å². The van der Waals surface area contributed by atoms with Crippen LogP contribution in [-0.4, -0.2) is 29.3 Å². The SMILES string of the molecule is CC(=O)c1c(C)[nH]c(C(=O)OCC(=O)N[C@H](C)c2cccc(Cl)c2)c1C. The van der Waals surface area contributed by atoms with E-state index in [1.54, 1.807) is 32.0 Å². The first-order chi connectivity index (χ1) is 12.2. The fourth-order valence-corrected chi connectivity index (χ4v) is 3.03. The summed E-state index contributed by atoms with van der Waals surface area (Å²) in [6, 6.07) is 6.86. The van der Waals surface area contributed by atoms with Crippen LogP contribution in [0.2, 0.25) is 5.02 Å². The summed E-state index contributed by atoms with van der Waals surface area (Å²) < 4.78 is 5.06. The lowest BCUT2D eigenvalue weighted by atomic mass is 10.1. The van der Waals surface area contributed by atoms with Crippen LogP contribution < -0.4 is 5.32 Å². The van der Waals surface area contributed by atoms with E-state index in [9.17, 15) is 14.4 Å². The molecule has 0 fully saturated rings. The van der Waals surface area contributed by atoms with Crippen LogP contribution in [-0.2, 0) is 9.53 Å². The molecule has 0 saturated carbocycles. The molecule has 0 aliphatic heterocycles. The van der Waals surface area contributed by atoms with Gasteiger partial charge in [0.1, 0.15) is 5.69 Å². The summed E-state index contributed by atoms with van der Waals surface area (Å²) in [4.78, 5) is 38.7. The number of H-pyrrole nitrogens is 1. The van der Waals surface area contributed by atoms with Crippen LogP contribution in [0.5, 0.6) is 0 Å². The maximum atomic E-state index is 12.2. The summed E-state index contributed by atoms with van der Waals surface area (Å²) in [6.45, 7) is 6.20. The molecule has 1 aromatic heterocycles. The molecule has 0 unspecified atom stereocenters. The van der Waals surface area contributed by atoms with Gasteiger partial charge in [-0.3, -0.25) is 9.59 Å². The molecule has 26 heavy (non-hydrogen) atoms. The minimum atomic E-state index is -0.677. The first-order valence-corrected chi connectivity index (χ1v) is 8.50. The Labute approximate surface area is 156 Å². The molecule has 0 spiro atoms. The van der Waals surface area contributed by atoms with Gasteiger partial charge in [0.2, 0.25) is 0 Å². The maximum Gasteiger partial charge on any atom is 0.355 e. The summed E-state index contributed by atoms with van der Waals surface area (Å²) >= 11 is 5.94. The Kier molecular flexibility index (Phi) is 6.21. The van der Waals surface area contributed by atoms with Crippen molar-refractivity contribution >= 4 is 29.3 Å². The molecule has 138 valence electrons. The zero-order valence-electron chi connectivity index (χ0n) is 15.1. The number of aryl methyl sites for hydroxylation is 1. The second-order valence-electron chi connectivity index (χ2n) is 6.10. The van der Waals surface area contributed by atoms with Gasteiger partial charge in [-0.15, -0.1) is 0 Å². The highest BCUT2D eigenvalue weighted by Gasteiger charge is 2.21. The van der Waals surface area contributed by atoms with Gasteiger partial charge in [0.15, 0.2) is 12.4 Å². The number of aromatic nitrogens is 1. The number of carbonyl (C=O) groups excluding carboxylic acids is 3. The Morgan fingerprint density at radius 1 is 1.27 bits per heavy atom. The number of ether oxygens (including phenoxy) is 1. The number of halogens is 1. The number of benzene rings is 1. The predicted octanol–water partition coefficient (Wildman–Crippen LogP) is 3.52. The monoisotopic (exact) mass is 376 g/mol. The molecule has 1 amide bonds. The van der Waals surface area contributed by atoms with Gasteiger partial charge in [-0.2, -0.15) is 0 Å². The molecule has 2 N–H and O–H groups in total. The van der Waals surface area contributed by atoms with Crippen LogP contribution in [0.25, 0.3) is 0 Å². The first-order valence-electron chi connectivity index (χ1n) is 8.12. The molecule has 1 aromatic carbocycles. The number of rotatable bonds is 6.